The Morgan fingerprint density at radius 3 is 2.96 bits per heavy atom. The molecule has 0 radical (unpaired) electrons. The fourth-order valence-corrected chi connectivity index (χ4v) is 4.82. The Hall–Kier alpha value is -2.20. The largest absolute Gasteiger partial charge is 0.375 e. The lowest BCUT2D eigenvalue weighted by Crippen LogP contribution is -2.24. The van der Waals surface area contributed by atoms with Crippen LogP contribution in [0.3, 0.4) is 0 Å². The summed E-state index contributed by atoms with van der Waals surface area (Å²) in [4.78, 5) is 28.8. The van der Waals surface area contributed by atoms with Crippen LogP contribution >= 0.6 is 23.1 Å². The van der Waals surface area contributed by atoms with Crippen molar-refractivity contribution >= 4 is 39.8 Å². The summed E-state index contributed by atoms with van der Waals surface area (Å²) >= 11 is 2.77. The monoisotopic (exact) mass is 405 g/mol. The normalized spacial score (nSPS) is 15.3. The third kappa shape index (κ3) is 4.22. The molecule has 142 valence electrons. The number of nitrogens with zero attached hydrogens (tertiary/aromatic N) is 4. The van der Waals surface area contributed by atoms with Gasteiger partial charge >= 0.3 is 0 Å². The highest BCUT2D eigenvalue weighted by Crippen LogP contribution is 2.29. The van der Waals surface area contributed by atoms with Crippen molar-refractivity contribution < 1.29 is 9.32 Å². The highest BCUT2D eigenvalue weighted by atomic mass is 32.2. The van der Waals surface area contributed by atoms with Gasteiger partial charge in [-0.25, -0.2) is 4.98 Å². The van der Waals surface area contributed by atoms with E-state index in [1.54, 1.807) is 13.0 Å². The van der Waals surface area contributed by atoms with E-state index >= 15 is 0 Å². The number of anilines is 1. The van der Waals surface area contributed by atoms with Crippen LogP contribution in [0.5, 0.6) is 0 Å². The van der Waals surface area contributed by atoms with Crippen molar-refractivity contribution in [3.05, 3.63) is 33.9 Å². The van der Waals surface area contributed by atoms with E-state index in [4.69, 9.17) is 4.52 Å². The number of rotatable bonds is 5. The molecule has 3 heterocycles. The van der Waals surface area contributed by atoms with E-state index in [1.165, 1.54) is 40.2 Å². The van der Waals surface area contributed by atoms with Gasteiger partial charge in [-0.15, -0.1) is 14.8 Å². The number of thioether (sulfide) groups is 1. The lowest BCUT2D eigenvalue weighted by molar-refractivity contribution is -0.120. The topological polar surface area (TPSA) is 102 Å². The Kier molecular flexibility index (Phi) is 5.26. The van der Waals surface area contributed by atoms with Crippen molar-refractivity contribution in [3.8, 4) is 0 Å². The number of aryl methyl sites for hydroxylation is 1. The minimum atomic E-state index is -0.249. The summed E-state index contributed by atoms with van der Waals surface area (Å²) in [5, 5.41) is 11.5. The molecule has 8 nitrogen and oxygen atoms in total. The number of aromatic nitrogens is 4. The molecule has 3 aromatic rings. The molecule has 1 saturated carbocycles. The third-order valence-corrected chi connectivity index (χ3v) is 6.49. The maximum absolute atomic E-state index is 12.3. The van der Waals surface area contributed by atoms with Gasteiger partial charge in [-0.2, -0.15) is 0 Å². The van der Waals surface area contributed by atoms with Crippen LogP contribution in [0.25, 0.3) is 5.65 Å². The summed E-state index contributed by atoms with van der Waals surface area (Å²) in [7, 11) is 0. The highest BCUT2D eigenvalue weighted by Gasteiger charge is 2.22. The Balaban J connectivity index is 1.38. The first-order chi connectivity index (χ1) is 13.1. The van der Waals surface area contributed by atoms with Crippen LogP contribution in [0, 0.1) is 12.8 Å². The number of carbonyl (C=O) groups excluding carboxylic acids is 1. The summed E-state index contributed by atoms with van der Waals surface area (Å²) < 4.78 is 7.18. The number of fused-ring (bicyclic) bond motifs is 1. The molecule has 0 aromatic carbocycles. The van der Waals surface area contributed by atoms with Crippen LogP contribution in [0.2, 0.25) is 0 Å². The van der Waals surface area contributed by atoms with Gasteiger partial charge < -0.3 is 9.84 Å². The lowest BCUT2D eigenvalue weighted by atomic mass is 9.89. The molecule has 1 N–H and O–H groups in total. The molecule has 1 aliphatic carbocycles. The molecule has 3 aromatic heterocycles. The van der Waals surface area contributed by atoms with Crippen molar-refractivity contribution in [3.63, 3.8) is 0 Å². The van der Waals surface area contributed by atoms with Gasteiger partial charge in [0.1, 0.15) is 5.76 Å². The average Bonchev–Trinajstić information content (AvgIpc) is 3.26. The second kappa shape index (κ2) is 7.81. The fourth-order valence-electron chi connectivity index (χ4n) is 3.17. The summed E-state index contributed by atoms with van der Waals surface area (Å²) in [6.45, 7) is 1.77. The van der Waals surface area contributed by atoms with Gasteiger partial charge in [0.25, 0.3) is 5.56 Å². The maximum Gasteiger partial charge on any atom is 0.287 e. The minimum absolute atomic E-state index is 0.0397. The maximum atomic E-state index is 12.3. The van der Waals surface area contributed by atoms with Crippen molar-refractivity contribution in [2.75, 3.05) is 5.32 Å². The second-order valence-electron chi connectivity index (χ2n) is 6.57. The molecule has 10 heteroatoms. The van der Waals surface area contributed by atoms with Gasteiger partial charge in [0, 0.05) is 23.8 Å². The van der Waals surface area contributed by atoms with Gasteiger partial charge in [-0.05, 0) is 19.8 Å². The first kappa shape index (κ1) is 18.2. The molecule has 27 heavy (non-hydrogen) atoms. The van der Waals surface area contributed by atoms with Gasteiger partial charge in [-0.3, -0.25) is 9.59 Å². The molecule has 1 amide bonds. The van der Waals surface area contributed by atoms with Crippen LogP contribution < -0.4 is 10.9 Å². The molecular weight excluding hydrogens is 386 g/mol. The fraction of sp³-hybridized carbons (Fsp3) is 0.471. The van der Waals surface area contributed by atoms with Crippen LogP contribution in [0.15, 0.2) is 25.8 Å². The summed E-state index contributed by atoms with van der Waals surface area (Å²) in [5.74, 6) is 1.24. The highest BCUT2D eigenvalue weighted by molar-refractivity contribution is 8.00. The molecule has 0 unspecified atom stereocenters. The Morgan fingerprint density at radius 1 is 1.33 bits per heavy atom. The molecule has 4 rings (SSSR count). The van der Waals surface area contributed by atoms with Crippen LogP contribution in [0.1, 0.15) is 43.6 Å². The van der Waals surface area contributed by atoms with E-state index < -0.39 is 0 Å². The van der Waals surface area contributed by atoms with Gasteiger partial charge in [0.05, 0.1) is 5.69 Å². The van der Waals surface area contributed by atoms with E-state index in [1.807, 2.05) is 0 Å². The molecular formula is C17H19N5O3S2. The van der Waals surface area contributed by atoms with Crippen LogP contribution in [0.4, 0.5) is 5.13 Å². The first-order valence-corrected chi connectivity index (χ1v) is 10.7. The smallest absolute Gasteiger partial charge is 0.287 e. The third-order valence-electron chi connectivity index (χ3n) is 4.48. The van der Waals surface area contributed by atoms with Crippen LogP contribution in [-0.4, -0.2) is 25.7 Å². The summed E-state index contributed by atoms with van der Waals surface area (Å²) in [5.41, 5.74) is 0.892. The number of nitrogens with one attached hydrogen (secondary N) is 1. The van der Waals surface area contributed by atoms with Gasteiger partial charge in [0.2, 0.25) is 11.0 Å². The molecule has 1 fully saturated rings. The molecule has 0 bridgehead atoms. The molecule has 0 saturated heterocycles. The summed E-state index contributed by atoms with van der Waals surface area (Å²) in [6, 6.07) is 3.18. The van der Waals surface area contributed by atoms with E-state index in [0.29, 0.717) is 28.0 Å². The van der Waals surface area contributed by atoms with Crippen molar-refractivity contribution in [1.29, 1.82) is 0 Å². The zero-order valence-electron chi connectivity index (χ0n) is 14.8. The zero-order chi connectivity index (χ0) is 18.8. The number of carbonyl (C=O) groups is 1. The summed E-state index contributed by atoms with van der Waals surface area (Å²) in [6.07, 6.45) is 5.34. The van der Waals surface area contributed by atoms with Crippen molar-refractivity contribution in [2.45, 2.75) is 49.1 Å². The predicted molar refractivity (Wildman–Crippen MR) is 103 cm³/mol. The quantitative estimate of drug-likeness (QED) is 0.513. The minimum Gasteiger partial charge on any atom is -0.375 e. The van der Waals surface area contributed by atoms with Crippen LogP contribution in [-0.2, 0) is 10.5 Å². The van der Waals surface area contributed by atoms with E-state index in [2.05, 4.69) is 20.5 Å². The average molecular weight is 406 g/mol. The second-order valence-corrected chi connectivity index (χ2v) is 8.77. The Morgan fingerprint density at radius 2 is 2.15 bits per heavy atom. The SMILES string of the molecule is Cc1cc2nc(CSc3nnc(NC(=O)C4CCCCC4)s3)cc(=O)n2o1. The van der Waals surface area contributed by atoms with E-state index in [9.17, 15) is 9.59 Å². The van der Waals surface area contributed by atoms with Gasteiger partial charge in [-0.1, -0.05) is 42.4 Å². The number of hydrogen-bond acceptors (Lipinski definition) is 8. The van der Waals surface area contributed by atoms with E-state index in [-0.39, 0.29) is 17.4 Å². The van der Waals surface area contributed by atoms with E-state index in [0.717, 1.165) is 30.0 Å². The zero-order valence-corrected chi connectivity index (χ0v) is 16.4. The molecule has 0 spiro atoms. The lowest BCUT2D eigenvalue weighted by Gasteiger charge is -2.19. The Bertz CT molecular complexity index is 1020. The number of hydrogen-bond donors (Lipinski definition) is 1. The standard InChI is InChI=1S/C17H19N5O3S2/c1-10-7-13-18-12(8-14(23)22(13)25-10)9-26-17-21-20-16(27-17)19-15(24)11-5-3-2-4-6-11/h7-8,11H,2-6,9H2,1H3,(H,19,20,24). The first-order valence-electron chi connectivity index (χ1n) is 8.85. The Labute approximate surface area is 163 Å². The predicted octanol–water partition coefficient (Wildman–Crippen LogP) is 3.26. The number of amides is 1. The molecule has 0 aliphatic heterocycles. The molecule has 1 aliphatic rings. The van der Waals surface area contributed by atoms with Crippen molar-refractivity contribution in [1.82, 2.24) is 19.8 Å². The van der Waals surface area contributed by atoms with Gasteiger partial charge in [0.15, 0.2) is 9.99 Å². The molecule has 0 atom stereocenters. The van der Waals surface area contributed by atoms with Crippen molar-refractivity contribution in [2.24, 2.45) is 5.92 Å².